The normalized spacial score (nSPS) is 13.5. The fourth-order valence-corrected chi connectivity index (χ4v) is 0.946. The van der Waals surface area contributed by atoms with Gasteiger partial charge in [-0.1, -0.05) is 19.8 Å². The molecule has 0 aromatic heterocycles. The summed E-state index contributed by atoms with van der Waals surface area (Å²) in [5.41, 5.74) is 0. The van der Waals surface area contributed by atoms with Gasteiger partial charge in [0, 0.05) is 7.11 Å². The molecule has 1 atom stereocenters. The molecule has 0 aliphatic carbocycles. The molecular formula is C10H20O3. The van der Waals surface area contributed by atoms with Gasteiger partial charge in [0.05, 0.1) is 12.4 Å². The number of ether oxygens (including phenoxy) is 2. The van der Waals surface area contributed by atoms with Crippen molar-refractivity contribution < 1.29 is 14.6 Å². The predicted molar refractivity (Wildman–Crippen MR) is 52.2 cm³/mol. The van der Waals surface area contributed by atoms with Crippen LogP contribution in [0.15, 0.2) is 12.3 Å². The first kappa shape index (κ1) is 12.5. The molecule has 0 aromatic rings. The highest BCUT2D eigenvalue weighted by molar-refractivity contribution is 4.77. The highest BCUT2D eigenvalue weighted by atomic mass is 16.7. The molecule has 0 fully saturated rings. The highest BCUT2D eigenvalue weighted by Crippen LogP contribution is 2.04. The lowest BCUT2D eigenvalue weighted by Gasteiger charge is -2.05. The van der Waals surface area contributed by atoms with Crippen molar-refractivity contribution in [2.75, 3.05) is 13.9 Å². The van der Waals surface area contributed by atoms with Gasteiger partial charge in [0.15, 0.2) is 6.79 Å². The minimum absolute atomic E-state index is 0.234. The molecule has 3 nitrogen and oxygen atoms in total. The molecule has 0 spiro atoms. The van der Waals surface area contributed by atoms with Gasteiger partial charge in [-0.15, -0.1) is 0 Å². The number of unbranched alkanes of at least 4 members (excludes halogenated alkanes) is 1. The first-order valence-electron chi connectivity index (χ1n) is 4.74. The Morgan fingerprint density at radius 3 is 2.85 bits per heavy atom. The van der Waals surface area contributed by atoms with Crippen LogP contribution in [-0.2, 0) is 9.47 Å². The van der Waals surface area contributed by atoms with Gasteiger partial charge >= 0.3 is 0 Å². The van der Waals surface area contributed by atoms with Crippen molar-refractivity contribution >= 4 is 0 Å². The maximum Gasteiger partial charge on any atom is 0.187 e. The number of aliphatic hydroxyl groups excluding tert-OH is 1. The van der Waals surface area contributed by atoms with Gasteiger partial charge in [0.2, 0.25) is 0 Å². The van der Waals surface area contributed by atoms with E-state index in [-0.39, 0.29) is 12.9 Å². The number of aliphatic hydroxyl groups is 1. The molecule has 0 radical (unpaired) electrons. The van der Waals surface area contributed by atoms with Crippen molar-refractivity contribution in [3.05, 3.63) is 12.3 Å². The third-order valence-electron chi connectivity index (χ3n) is 1.68. The molecule has 13 heavy (non-hydrogen) atoms. The van der Waals surface area contributed by atoms with Gasteiger partial charge in [-0.2, -0.15) is 0 Å². The van der Waals surface area contributed by atoms with E-state index in [1.165, 1.54) is 0 Å². The molecule has 78 valence electrons. The van der Waals surface area contributed by atoms with E-state index >= 15 is 0 Å². The zero-order chi connectivity index (χ0) is 9.94. The number of rotatable bonds is 8. The Morgan fingerprint density at radius 1 is 1.46 bits per heavy atom. The van der Waals surface area contributed by atoms with Gasteiger partial charge in [-0.25, -0.2) is 0 Å². The SMILES string of the molecule is CCCCC(O)C/C=C/OCOC. The summed E-state index contributed by atoms with van der Waals surface area (Å²) in [6.45, 7) is 2.38. The van der Waals surface area contributed by atoms with Crippen molar-refractivity contribution in [1.82, 2.24) is 0 Å². The van der Waals surface area contributed by atoms with Crippen LogP contribution in [0.3, 0.4) is 0 Å². The Bertz CT molecular complexity index is 123. The van der Waals surface area contributed by atoms with E-state index in [0.29, 0.717) is 6.42 Å². The van der Waals surface area contributed by atoms with Crippen molar-refractivity contribution in [1.29, 1.82) is 0 Å². The number of hydrogen-bond donors (Lipinski definition) is 1. The summed E-state index contributed by atoms with van der Waals surface area (Å²) < 4.78 is 9.60. The molecular weight excluding hydrogens is 168 g/mol. The van der Waals surface area contributed by atoms with Gasteiger partial charge in [-0.3, -0.25) is 0 Å². The predicted octanol–water partition coefficient (Wildman–Crippen LogP) is 2.06. The second kappa shape index (κ2) is 9.55. The van der Waals surface area contributed by atoms with Crippen LogP contribution in [0.1, 0.15) is 32.6 Å². The van der Waals surface area contributed by atoms with Crippen molar-refractivity contribution in [3.63, 3.8) is 0 Å². The molecule has 0 aliphatic rings. The zero-order valence-electron chi connectivity index (χ0n) is 8.53. The molecule has 0 amide bonds. The summed E-state index contributed by atoms with van der Waals surface area (Å²) in [5, 5.41) is 9.40. The molecule has 0 rings (SSSR count). The largest absolute Gasteiger partial charge is 0.476 e. The zero-order valence-corrected chi connectivity index (χ0v) is 8.53. The van der Waals surface area contributed by atoms with Crippen LogP contribution in [0, 0.1) is 0 Å². The molecule has 0 aliphatic heterocycles. The van der Waals surface area contributed by atoms with Crippen molar-refractivity contribution in [2.24, 2.45) is 0 Å². The van der Waals surface area contributed by atoms with Crippen molar-refractivity contribution in [2.45, 2.75) is 38.7 Å². The van der Waals surface area contributed by atoms with Crippen LogP contribution < -0.4 is 0 Å². The van der Waals surface area contributed by atoms with Gasteiger partial charge in [-0.05, 0) is 18.9 Å². The summed E-state index contributed by atoms with van der Waals surface area (Å²) in [4.78, 5) is 0. The third kappa shape index (κ3) is 9.37. The molecule has 1 N–H and O–H groups in total. The smallest absolute Gasteiger partial charge is 0.187 e. The average Bonchev–Trinajstić information content (AvgIpc) is 2.14. The lowest BCUT2D eigenvalue weighted by atomic mass is 10.1. The molecule has 3 heteroatoms. The average molecular weight is 188 g/mol. The van der Waals surface area contributed by atoms with Crippen LogP contribution in [-0.4, -0.2) is 25.1 Å². The Labute approximate surface area is 80.4 Å². The van der Waals surface area contributed by atoms with E-state index in [0.717, 1.165) is 19.3 Å². The highest BCUT2D eigenvalue weighted by Gasteiger charge is 1.99. The van der Waals surface area contributed by atoms with E-state index in [1.54, 1.807) is 13.4 Å². The standard InChI is InChI=1S/C10H20O3/c1-3-4-6-10(11)7-5-8-13-9-12-2/h5,8,10-11H,3-4,6-7,9H2,1-2H3/b8-5+. The Kier molecular flexibility index (Phi) is 9.15. The first-order chi connectivity index (χ1) is 6.31. The summed E-state index contributed by atoms with van der Waals surface area (Å²) in [7, 11) is 1.57. The Hall–Kier alpha value is -0.540. The van der Waals surface area contributed by atoms with E-state index in [4.69, 9.17) is 4.74 Å². The molecule has 0 bridgehead atoms. The maximum atomic E-state index is 9.40. The molecule has 0 aromatic carbocycles. The quantitative estimate of drug-likeness (QED) is 0.360. The van der Waals surface area contributed by atoms with E-state index < -0.39 is 0 Å². The lowest BCUT2D eigenvalue weighted by Crippen LogP contribution is -2.04. The Morgan fingerprint density at radius 2 is 2.23 bits per heavy atom. The topological polar surface area (TPSA) is 38.7 Å². The summed E-state index contributed by atoms with van der Waals surface area (Å²) in [6.07, 6.45) is 6.88. The van der Waals surface area contributed by atoms with Crippen LogP contribution in [0.5, 0.6) is 0 Å². The van der Waals surface area contributed by atoms with Crippen LogP contribution in [0.4, 0.5) is 0 Å². The number of hydrogen-bond acceptors (Lipinski definition) is 3. The van der Waals surface area contributed by atoms with E-state index in [9.17, 15) is 5.11 Å². The van der Waals surface area contributed by atoms with E-state index in [2.05, 4.69) is 11.7 Å². The molecule has 0 saturated carbocycles. The Balaban J connectivity index is 3.23. The summed E-state index contributed by atoms with van der Waals surface area (Å²) in [6, 6.07) is 0. The van der Waals surface area contributed by atoms with Gasteiger partial charge < -0.3 is 14.6 Å². The van der Waals surface area contributed by atoms with Crippen LogP contribution >= 0.6 is 0 Å². The monoisotopic (exact) mass is 188 g/mol. The number of methoxy groups -OCH3 is 1. The second-order valence-electron chi connectivity index (χ2n) is 2.98. The van der Waals surface area contributed by atoms with Gasteiger partial charge in [0.1, 0.15) is 0 Å². The van der Waals surface area contributed by atoms with Crippen LogP contribution in [0.25, 0.3) is 0 Å². The summed E-state index contributed by atoms with van der Waals surface area (Å²) >= 11 is 0. The second-order valence-corrected chi connectivity index (χ2v) is 2.98. The van der Waals surface area contributed by atoms with Crippen molar-refractivity contribution in [3.8, 4) is 0 Å². The molecule has 1 unspecified atom stereocenters. The first-order valence-corrected chi connectivity index (χ1v) is 4.74. The fraction of sp³-hybridized carbons (Fsp3) is 0.800. The van der Waals surface area contributed by atoms with E-state index in [1.807, 2.05) is 6.08 Å². The lowest BCUT2D eigenvalue weighted by molar-refractivity contribution is 0.0192. The maximum absolute atomic E-state index is 9.40. The molecule has 0 saturated heterocycles. The van der Waals surface area contributed by atoms with Gasteiger partial charge in [0.25, 0.3) is 0 Å². The minimum atomic E-state index is -0.234. The summed E-state index contributed by atoms with van der Waals surface area (Å²) in [5.74, 6) is 0. The third-order valence-corrected chi connectivity index (χ3v) is 1.68. The molecule has 0 heterocycles. The fourth-order valence-electron chi connectivity index (χ4n) is 0.946. The minimum Gasteiger partial charge on any atom is -0.476 e. The van der Waals surface area contributed by atoms with Crippen LogP contribution in [0.2, 0.25) is 0 Å².